The van der Waals surface area contributed by atoms with Gasteiger partial charge >= 0.3 is 0 Å². The number of hydrogen-bond donors (Lipinski definition) is 19. The van der Waals surface area contributed by atoms with Crippen molar-refractivity contribution in [2.45, 2.75) is 64.2 Å². The lowest BCUT2D eigenvalue weighted by atomic mass is 10.2. The van der Waals surface area contributed by atoms with Crippen LogP contribution in [0.15, 0.2) is 220 Å². The quantitative estimate of drug-likeness (QED) is 0.0395. The Balaban J connectivity index is 0.000000123. The van der Waals surface area contributed by atoms with Crippen LogP contribution in [-0.2, 0) is 0 Å². The number of nitrogens with two attached hydrogens (primary N) is 9. The fourth-order valence-corrected chi connectivity index (χ4v) is 16.3. The summed E-state index contributed by atoms with van der Waals surface area (Å²) in [6, 6.07) is 52.9. The highest BCUT2D eigenvalue weighted by molar-refractivity contribution is 5.87. The topological polar surface area (TPSA) is 571 Å². The molecule has 0 aromatic carbocycles. The molecule has 28 N–H and O–H groups in total. The number of β-amino-alcohol motifs (C(OH)–C–C–N with tert-alkyl or cyclic N) is 1. The van der Waals surface area contributed by atoms with Gasteiger partial charge in [0, 0.05) is 160 Å². The van der Waals surface area contributed by atoms with Crippen molar-refractivity contribution in [1.29, 1.82) is 0 Å². The van der Waals surface area contributed by atoms with Crippen LogP contribution < -0.4 is 103 Å². The van der Waals surface area contributed by atoms with Crippen molar-refractivity contribution in [2.75, 3.05) is 237 Å². The molecule has 0 spiro atoms. The SMILES string of the molecule is CC(O)CNc1nn2ccccc2c1N.CCNc1nn2ccccc2c1N.CN(C)C1CCN(c2nn3ccccc3c2N)C1.CNc1nn2ccccc2c1N.Nc1c(N(CCO)CCO)nn2ccccc12.Nc1c(N2CCC(O)C2)nn2ccccc12.Nc1c(N2CCCC2)nn2ccccc12.Nc1c(N2CCCNCC2)nn2ccccc12.Nc1c(NCCO)nn2ccccc12. The van der Waals surface area contributed by atoms with Gasteiger partial charge in [-0.15, -0.1) is 45.9 Å². The van der Waals surface area contributed by atoms with E-state index in [-0.39, 0.29) is 25.9 Å². The maximum atomic E-state index is 9.51. The highest BCUT2D eigenvalue weighted by atomic mass is 16.3. The average molecular weight is 1870 g/mol. The summed E-state index contributed by atoms with van der Waals surface area (Å²) in [5.41, 5.74) is 68.5. The lowest BCUT2D eigenvalue weighted by Gasteiger charge is -2.20. The molecule has 43 nitrogen and oxygen atoms in total. The third-order valence-electron chi connectivity index (χ3n) is 23.4. The van der Waals surface area contributed by atoms with Gasteiger partial charge in [0.05, 0.1) is 81.7 Å². The van der Waals surface area contributed by atoms with Crippen LogP contribution in [0, 0.1) is 0 Å². The molecule has 22 heterocycles. The number of nitrogen functional groups attached to an aromatic ring is 9. The van der Waals surface area contributed by atoms with Crippen molar-refractivity contribution >= 4 is 153 Å². The second-order valence-electron chi connectivity index (χ2n) is 33.1. The number of aliphatic hydroxyl groups is 5. The number of aliphatic hydroxyl groups excluding tert-OH is 5. The van der Waals surface area contributed by atoms with Gasteiger partial charge in [-0.05, 0) is 176 Å². The van der Waals surface area contributed by atoms with Crippen LogP contribution >= 0.6 is 0 Å². The average Bonchev–Trinajstić information content (AvgIpc) is 1.75. The van der Waals surface area contributed by atoms with Gasteiger partial charge in [0.25, 0.3) is 0 Å². The second-order valence-corrected chi connectivity index (χ2v) is 33.1. The molecule has 18 aromatic rings. The second kappa shape index (κ2) is 46.3. The predicted molar refractivity (Wildman–Crippen MR) is 551 cm³/mol. The molecule has 4 aliphatic heterocycles. The van der Waals surface area contributed by atoms with E-state index in [1.165, 1.54) is 19.3 Å². The number of likely N-dealkylation sites (N-methyl/N-ethyl adjacent to an activating group) is 1. The van der Waals surface area contributed by atoms with Gasteiger partial charge in [-0.25, -0.2) is 40.6 Å². The van der Waals surface area contributed by atoms with Gasteiger partial charge < -0.3 is 133 Å². The molecule has 137 heavy (non-hydrogen) atoms. The number of anilines is 18. The van der Waals surface area contributed by atoms with Gasteiger partial charge in [0.15, 0.2) is 52.4 Å². The fourth-order valence-electron chi connectivity index (χ4n) is 16.3. The van der Waals surface area contributed by atoms with Crippen molar-refractivity contribution in [2.24, 2.45) is 0 Å². The normalized spacial score (nSPS) is 14.8. The summed E-state index contributed by atoms with van der Waals surface area (Å²) < 4.78 is 15.9. The Hall–Kier alpha value is -15.7. The van der Waals surface area contributed by atoms with Gasteiger partial charge in [-0.1, -0.05) is 54.6 Å². The van der Waals surface area contributed by atoms with Crippen LogP contribution in [0.25, 0.3) is 49.7 Å². The molecule has 0 aliphatic carbocycles. The molecule has 724 valence electrons. The zero-order chi connectivity index (χ0) is 96.6. The number of rotatable bonds is 19. The number of hydrogen-bond acceptors (Lipinski definition) is 34. The summed E-state index contributed by atoms with van der Waals surface area (Å²) in [7, 11) is 6.06. The van der Waals surface area contributed by atoms with Crippen LogP contribution in [0.1, 0.15) is 46.0 Å². The molecular weight excluding hydrogens is 1740 g/mol. The minimum absolute atomic E-state index is 0.00664. The van der Waals surface area contributed by atoms with E-state index in [1.807, 2.05) is 245 Å². The first-order valence-corrected chi connectivity index (χ1v) is 45.8. The van der Waals surface area contributed by atoms with Gasteiger partial charge in [-0.2, -0.15) is 0 Å². The number of aromatic nitrogens is 18. The molecule has 3 atom stereocenters. The van der Waals surface area contributed by atoms with Gasteiger partial charge in [0.1, 0.15) is 51.2 Å². The minimum atomic E-state index is -0.422. The molecule has 43 heteroatoms. The Morgan fingerprint density at radius 3 is 1.04 bits per heavy atom. The number of fused-ring (bicyclic) bond motifs is 9. The van der Waals surface area contributed by atoms with Crippen LogP contribution in [0.5, 0.6) is 0 Å². The number of pyridine rings is 9. The summed E-state index contributed by atoms with van der Waals surface area (Å²) in [6.07, 6.45) is 21.8. The van der Waals surface area contributed by atoms with Crippen molar-refractivity contribution < 1.29 is 25.5 Å². The van der Waals surface area contributed by atoms with E-state index in [2.05, 4.69) is 106 Å². The standard InChI is InChI=1S/C13H19N5.C12H17N5.C11H16N4O2.C11H14N4O.C11H14N4.C10H14N4O.C9H12N4O.C9H12N4.C8H10N4/c1-16(2)10-6-8-17(9-10)13-12(14)11-5-3-4-7-18(11)15-13;13-11-10-4-1-2-8-17(10)15-12(11)16-7-3-5-14-6-9-16;12-10-9-3-1-2-4-15(9)13-11(10)14(5-7-16)6-8-17;12-10-9-3-1-2-5-15(9)13-11(10)14-6-4-8(16)7-14;12-10-9-5-1-2-8-15(9)13-11(10)14-6-3-4-7-14;1-7(15)6-12-10-9(11)8-4-2-3-5-14(8)13-10;10-8-7-3-1-2-5-13(7)12-9(8)11-4-6-14;1-2-11-9-8(10)7-5-3-4-6-13(7)12-9;1-10-8-7(9)6-4-2-3-5-12(6)11-8/h3-5,7,10H,6,8-9,14H2,1-2H3;1-2,4,8,14H,3,5-7,9,13H2;1-4,16-17H,5-8,12H2;1-3,5,8,16H,4,6-7,12H2;1-2,5,8H,3-4,6-7,12H2;2-5,7,15H,6,11H2,1H3,(H,12,13);1-3,5,14H,4,6,10H2,(H,11,12);3-6H,2,10H2,1H3,(H,11,12);2-5H,9H2,1H3,(H,10,11). The van der Waals surface area contributed by atoms with E-state index in [0.717, 1.165) is 180 Å². The highest BCUT2D eigenvalue weighted by Crippen LogP contribution is 2.35. The largest absolute Gasteiger partial charge is 0.395 e. The monoisotopic (exact) mass is 1870 g/mol. The minimum Gasteiger partial charge on any atom is -0.395 e. The smallest absolute Gasteiger partial charge is 0.175 e. The van der Waals surface area contributed by atoms with Crippen molar-refractivity contribution in [3.05, 3.63) is 220 Å². The Morgan fingerprint density at radius 2 is 0.701 bits per heavy atom. The predicted octanol–water partition coefficient (Wildman–Crippen LogP) is 6.82. The first kappa shape index (κ1) is 97.4. The number of nitrogens with zero attached hydrogens (tertiary/aromatic N) is 24. The third kappa shape index (κ3) is 23.2. The van der Waals surface area contributed by atoms with Crippen molar-refractivity contribution in [1.82, 2.24) is 96.7 Å². The first-order chi connectivity index (χ1) is 66.6. The van der Waals surface area contributed by atoms with E-state index < -0.39 is 6.10 Å². The zero-order valence-corrected chi connectivity index (χ0v) is 77.9. The molecule has 18 aromatic heterocycles. The molecule has 0 saturated carbocycles. The molecule has 0 bridgehead atoms. The van der Waals surface area contributed by atoms with E-state index in [0.29, 0.717) is 90.3 Å². The fraction of sp³-hybridized carbons (Fsp3) is 0.330. The molecule has 0 radical (unpaired) electrons. The van der Waals surface area contributed by atoms with Crippen LogP contribution in [0.2, 0.25) is 0 Å². The Labute approximate surface area is 791 Å². The first-order valence-electron chi connectivity index (χ1n) is 45.8. The molecule has 4 aliphatic rings. The van der Waals surface area contributed by atoms with Crippen LogP contribution in [-0.4, -0.2) is 274 Å². The Bertz CT molecular complexity index is 6790. The summed E-state index contributed by atoms with van der Waals surface area (Å²) in [5, 5.41) is 100. The Kier molecular flexibility index (Phi) is 32.9. The van der Waals surface area contributed by atoms with Crippen molar-refractivity contribution in [3.63, 3.8) is 0 Å². The highest BCUT2D eigenvalue weighted by Gasteiger charge is 2.30. The lowest BCUT2D eigenvalue weighted by molar-refractivity contribution is 0.198. The van der Waals surface area contributed by atoms with Gasteiger partial charge in [0.2, 0.25) is 0 Å². The molecule has 4 fully saturated rings. The molecular formula is C94H128N38O5. The zero-order valence-electron chi connectivity index (χ0n) is 77.9. The van der Waals surface area contributed by atoms with E-state index in [1.54, 1.807) is 46.0 Å². The van der Waals surface area contributed by atoms with E-state index >= 15 is 0 Å². The Morgan fingerprint density at radius 1 is 0.372 bits per heavy atom. The summed E-state index contributed by atoms with van der Waals surface area (Å²) in [4.78, 5) is 12.9. The summed E-state index contributed by atoms with van der Waals surface area (Å²) >= 11 is 0. The molecule has 4 saturated heterocycles. The van der Waals surface area contributed by atoms with Crippen LogP contribution in [0.4, 0.5) is 104 Å². The molecule has 22 rings (SSSR count). The van der Waals surface area contributed by atoms with Gasteiger partial charge in [-0.3, -0.25) is 0 Å². The maximum Gasteiger partial charge on any atom is 0.175 e. The van der Waals surface area contributed by atoms with E-state index in [4.69, 9.17) is 72.0 Å². The maximum absolute atomic E-state index is 9.51. The lowest BCUT2D eigenvalue weighted by Crippen LogP contribution is -2.31. The van der Waals surface area contributed by atoms with E-state index in [9.17, 15) is 5.11 Å². The summed E-state index contributed by atoms with van der Waals surface area (Å²) in [6.45, 7) is 16.0. The molecule has 0 amide bonds. The molecule has 3 unspecified atom stereocenters. The number of nitrogens with one attached hydrogen (secondary N) is 5. The van der Waals surface area contributed by atoms with Crippen molar-refractivity contribution in [3.8, 4) is 0 Å². The van der Waals surface area contributed by atoms with Crippen LogP contribution in [0.3, 0.4) is 0 Å². The third-order valence-corrected chi connectivity index (χ3v) is 23.4. The summed E-state index contributed by atoms with van der Waals surface area (Å²) in [5.74, 6) is 6.87.